The maximum atomic E-state index is 15.4. The third-order valence-corrected chi connectivity index (χ3v) is 9.81. The third kappa shape index (κ3) is 5.74. The zero-order chi connectivity index (χ0) is 30.5. The van der Waals surface area contributed by atoms with Crippen molar-refractivity contribution >= 4 is 44.2 Å². The minimum Gasteiger partial charge on any atom is -0.489 e. The van der Waals surface area contributed by atoms with E-state index in [1.54, 1.807) is 13.1 Å². The number of nitrogens with zero attached hydrogens (tertiary/aromatic N) is 3. The molecule has 0 bridgehead atoms. The van der Waals surface area contributed by atoms with Crippen LogP contribution in [0.1, 0.15) is 42.6 Å². The van der Waals surface area contributed by atoms with Crippen LogP contribution in [0.5, 0.6) is 5.75 Å². The Morgan fingerprint density at radius 2 is 1.95 bits per heavy atom. The fourth-order valence-corrected chi connectivity index (χ4v) is 7.44. The molecular formula is C31H33ClFN5O4S. The summed E-state index contributed by atoms with van der Waals surface area (Å²) >= 11 is 6.18. The summed E-state index contributed by atoms with van der Waals surface area (Å²) in [5, 5.41) is 14.6. The van der Waals surface area contributed by atoms with Gasteiger partial charge in [0.1, 0.15) is 29.2 Å². The van der Waals surface area contributed by atoms with E-state index in [9.17, 15) is 13.5 Å². The van der Waals surface area contributed by atoms with Gasteiger partial charge in [0.25, 0.3) is 10.0 Å². The second kappa shape index (κ2) is 11.5. The second-order valence-corrected chi connectivity index (χ2v) is 13.3. The molecule has 3 heterocycles. The summed E-state index contributed by atoms with van der Waals surface area (Å²) in [4.78, 5) is 11.5. The molecule has 9 nitrogen and oxygen atoms in total. The Hall–Kier alpha value is -3.51. The quantitative estimate of drug-likeness (QED) is 0.240. The number of nitrogens with one attached hydrogen (secondary N) is 2. The topological polar surface area (TPSA) is 117 Å². The first-order valence-electron chi connectivity index (χ1n) is 14.3. The van der Waals surface area contributed by atoms with Crippen LogP contribution < -0.4 is 14.8 Å². The van der Waals surface area contributed by atoms with Crippen molar-refractivity contribution in [1.82, 2.24) is 14.9 Å². The summed E-state index contributed by atoms with van der Waals surface area (Å²) in [6.45, 7) is 5.65. The first kappa shape index (κ1) is 29.6. The van der Waals surface area contributed by atoms with Crippen molar-refractivity contribution in [2.24, 2.45) is 0 Å². The van der Waals surface area contributed by atoms with Gasteiger partial charge >= 0.3 is 0 Å². The largest absolute Gasteiger partial charge is 0.489 e. The van der Waals surface area contributed by atoms with E-state index in [0.717, 1.165) is 42.4 Å². The molecule has 43 heavy (non-hydrogen) atoms. The zero-order valence-electron chi connectivity index (χ0n) is 24.1. The monoisotopic (exact) mass is 625 g/mol. The summed E-state index contributed by atoms with van der Waals surface area (Å²) < 4.78 is 50.5. The van der Waals surface area contributed by atoms with Gasteiger partial charge in [-0.2, -0.15) is 0 Å². The highest BCUT2D eigenvalue weighted by molar-refractivity contribution is 7.92. The fourth-order valence-electron chi connectivity index (χ4n) is 5.82. The highest BCUT2D eigenvalue weighted by atomic mass is 35.5. The average Bonchev–Trinajstić information content (AvgIpc) is 3.35. The Morgan fingerprint density at radius 3 is 2.70 bits per heavy atom. The molecule has 1 aromatic heterocycles. The summed E-state index contributed by atoms with van der Waals surface area (Å²) in [7, 11) is -2.09. The Kier molecular flexibility index (Phi) is 7.93. The van der Waals surface area contributed by atoms with Gasteiger partial charge in [0.2, 0.25) is 5.95 Å². The Labute approximate surface area is 255 Å². The second-order valence-electron chi connectivity index (χ2n) is 11.2. The summed E-state index contributed by atoms with van der Waals surface area (Å²) in [6.07, 6.45) is 3.47. The molecule has 4 aromatic rings. The molecule has 2 aliphatic heterocycles. The van der Waals surface area contributed by atoms with Crippen LogP contribution in [0.3, 0.4) is 0 Å². The van der Waals surface area contributed by atoms with Crippen molar-refractivity contribution in [3.63, 3.8) is 0 Å². The van der Waals surface area contributed by atoms with Crippen LogP contribution in [0.2, 0.25) is 5.02 Å². The molecule has 1 saturated heterocycles. The van der Waals surface area contributed by atoms with E-state index >= 15 is 4.39 Å². The van der Waals surface area contributed by atoms with Crippen LogP contribution >= 0.6 is 11.6 Å². The number of benzene rings is 3. The van der Waals surface area contributed by atoms with Gasteiger partial charge in [0, 0.05) is 33.8 Å². The predicted octanol–water partition coefficient (Wildman–Crippen LogP) is 5.69. The van der Waals surface area contributed by atoms with Gasteiger partial charge in [0.05, 0.1) is 11.2 Å². The normalized spacial score (nSPS) is 17.6. The smallest absolute Gasteiger partial charge is 0.265 e. The van der Waals surface area contributed by atoms with Crippen LogP contribution in [-0.2, 0) is 16.4 Å². The highest BCUT2D eigenvalue weighted by Gasteiger charge is 2.32. The van der Waals surface area contributed by atoms with E-state index in [4.69, 9.17) is 21.3 Å². The number of ether oxygens (including phenoxy) is 1. The molecule has 6 rings (SSSR count). The number of aromatic nitrogens is 2. The number of piperidine rings is 1. The number of hydrogen-bond donors (Lipinski definition) is 3. The first-order valence-corrected chi connectivity index (χ1v) is 16.1. The van der Waals surface area contributed by atoms with E-state index in [2.05, 4.69) is 27.0 Å². The van der Waals surface area contributed by atoms with Crippen molar-refractivity contribution in [2.75, 3.05) is 36.8 Å². The number of aryl methyl sites for hydroxylation is 1. The van der Waals surface area contributed by atoms with Crippen LogP contribution in [-0.4, -0.2) is 61.2 Å². The lowest BCUT2D eigenvalue weighted by Gasteiger charge is -2.29. The summed E-state index contributed by atoms with van der Waals surface area (Å²) in [5.74, 6) is 0.141. The van der Waals surface area contributed by atoms with E-state index in [1.807, 2.05) is 19.1 Å². The average molecular weight is 626 g/mol. The number of aliphatic hydroxyl groups excluding tert-OH is 1. The number of rotatable bonds is 7. The molecule has 0 amide bonds. The van der Waals surface area contributed by atoms with Gasteiger partial charge in [-0.3, -0.25) is 4.72 Å². The molecule has 0 spiro atoms. The fraction of sp³-hybridized carbons (Fsp3) is 0.355. The van der Waals surface area contributed by atoms with Crippen LogP contribution in [0, 0.1) is 12.7 Å². The number of likely N-dealkylation sites (tertiary alicyclic amines) is 1. The van der Waals surface area contributed by atoms with Gasteiger partial charge in [-0.05, 0) is 99.4 Å². The van der Waals surface area contributed by atoms with Crippen molar-refractivity contribution in [2.45, 2.75) is 50.2 Å². The van der Waals surface area contributed by atoms with Crippen molar-refractivity contribution in [3.05, 3.63) is 70.1 Å². The molecule has 3 N–H and O–H groups in total. The van der Waals surface area contributed by atoms with Crippen LogP contribution in [0.15, 0.2) is 47.5 Å². The van der Waals surface area contributed by atoms with Gasteiger partial charge in [-0.15, -0.1) is 0 Å². The Balaban J connectivity index is 1.35. The van der Waals surface area contributed by atoms with Crippen LogP contribution in [0.25, 0.3) is 22.0 Å². The van der Waals surface area contributed by atoms with Crippen LogP contribution in [0.4, 0.5) is 16.0 Å². The molecule has 12 heteroatoms. The van der Waals surface area contributed by atoms with Crippen molar-refractivity contribution < 1.29 is 22.7 Å². The lowest BCUT2D eigenvalue weighted by Crippen LogP contribution is -2.37. The highest BCUT2D eigenvalue weighted by Crippen LogP contribution is 2.41. The van der Waals surface area contributed by atoms with Gasteiger partial charge in [-0.25, -0.2) is 22.8 Å². The minimum absolute atomic E-state index is 0.0520. The molecule has 2 aliphatic rings. The van der Waals surface area contributed by atoms with Gasteiger partial charge in [-0.1, -0.05) is 18.5 Å². The summed E-state index contributed by atoms with van der Waals surface area (Å²) in [5.41, 5.74) is 3.50. The third-order valence-electron chi connectivity index (χ3n) is 8.22. The molecule has 1 atom stereocenters. The summed E-state index contributed by atoms with van der Waals surface area (Å²) in [6, 6.07) is 9.42. The molecular weight excluding hydrogens is 593 g/mol. The molecule has 0 unspecified atom stereocenters. The number of hydrogen-bond acceptors (Lipinski definition) is 8. The van der Waals surface area contributed by atoms with Gasteiger partial charge < -0.3 is 20.1 Å². The number of sulfonamides is 1. The maximum Gasteiger partial charge on any atom is 0.265 e. The lowest BCUT2D eigenvalue weighted by atomic mass is 9.94. The number of fused-ring (bicyclic) bond motifs is 2. The van der Waals surface area contributed by atoms with E-state index in [-0.39, 0.29) is 33.5 Å². The van der Waals surface area contributed by atoms with Gasteiger partial charge in [0.15, 0.2) is 0 Å². The molecule has 0 aliphatic carbocycles. The zero-order valence-corrected chi connectivity index (χ0v) is 25.7. The number of halogens is 2. The number of aliphatic hydroxyl groups is 1. The predicted molar refractivity (Wildman–Crippen MR) is 166 cm³/mol. The number of anilines is 2. The standard InChI is InChI=1S/C31H33ClFN5O4S/c1-4-18-11-19(12-20-15-34-31(36-29(18)20)35-22-7-9-38(3)10-8-22)28-17(2)25(6-5-24(28)33)37-43(40,41)27-14-21(32)13-23-26(39)16-42-30(23)27/h5-6,11-15,22,26,37,39H,4,7-10,16H2,1-3H3,(H,34,35,36)/t26-/m0/s1. The SMILES string of the molecule is CCc1cc(-c2c(F)ccc(NS(=O)(=O)c3cc(Cl)cc4c3OC[C@@H]4O)c2C)cc2cnc(NC3CCN(C)CC3)nc12. The van der Waals surface area contributed by atoms with E-state index in [1.165, 1.54) is 24.3 Å². The molecule has 3 aromatic carbocycles. The molecule has 226 valence electrons. The van der Waals surface area contributed by atoms with Crippen molar-refractivity contribution in [3.8, 4) is 16.9 Å². The maximum absolute atomic E-state index is 15.4. The van der Waals surface area contributed by atoms with E-state index in [0.29, 0.717) is 35.1 Å². The first-order chi connectivity index (χ1) is 20.5. The minimum atomic E-state index is -4.21. The Morgan fingerprint density at radius 1 is 1.19 bits per heavy atom. The molecule has 0 radical (unpaired) electrons. The van der Waals surface area contributed by atoms with Crippen molar-refractivity contribution in [1.29, 1.82) is 0 Å². The Bertz CT molecular complexity index is 1830. The van der Waals surface area contributed by atoms with E-state index < -0.39 is 21.9 Å². The molecule has 0 saturated carbocycles. The molecule has 1 fully saturated rings. The lowest BCUT2D eigenvalue weighted by molar-refractivity contribution is 0.140.